The molecule has 6 heteroatoms. The van der Waals surface area contributed by atoms with Gasteiger partial charge in [0.1, 0.15) is 0 Å². The van der Waals surface area contributed by atoms with E-state index in [1.807, 2.05) is 20.8 Å². The molecule has 0 N–H and O–H groups in total. The Balaban J connectivity index is 5.03. The Kier molecular flexibility index (Phi) is 13.3. The van der Waals surface area contributed by atoms with Crippen molar-refractivity contribution in [1.82, 2.24) is 0 Å². The quantitative estimate of drug-likeness (QED) is 0.194. The molecule has 0 rings (SSSR count). The largest absolute Gasteiger partial charge is 0.544 e. The van der Waals surface area contributed by atoms with Crippen molar-refractivity contribution in [2.75, 3.05) is 19.8 Å². The highest BCUT2D eigenvalue weighted by Gasteiger charge is 2.51. The summed E-state index contributed by atoms with van der Waals surface area (Å²) in [6.07, 6.45) is 7.53. The van der Waals surface area contributed by atoms with Gasteiger partial charge in [-0.05, 0) is 33.6 Å². The molecule has 5 nitrogen and oxygen atoms in total. The third kappa shape index (κ3) is 8.65. The fourth-order valence-electron chi connectivity index (χ4n) is 2.44. The molecule has 0 bridgehead atoms. The van der Waals surface area contributed by atoms with Crippen LogP contribution < -0.4 is 0 Å². The van der Waals surface area contributed by atoms with Crippen LogP contribution in [0.3, 0.4) is 0 Å². The van der Waals surface area contributed by atoms with E-state index < -0.39 is 20.5 Å². The second kappa shape index (κ2) is 13.7. The smallest absolute Gasteiger partial charge is 0.455 e. The van der Waals surface area contributed by atoms with Gasteiger partial charge in [0, 0.05) is 25.9 Å². The van der Waals surface area contributed by atoms with Gasteiger partial charge < -0.3 is 18.0 Å². The number of ether oxygens (including phenoxy) is 1. The van der Waals surface area contributed by atoms with E-state index in [4.69, 9.17) is 18.0 Å². The highest BCUT2D eigenvalue weighted by molar-refractivity contribution is 6.62. The summed E-state index contributed by atoms with van der Waals surface area (Å²) in [5.41, 5.74) is -0.477. The van der Waals surface area contributed by atoms with E-state index >= 15 is 0 Å². The Hall–Kier alpha value is -0.693. The van der Waals surface area contributed by atoms with Gasteiger partial charge in [-0.1, -0.05) is 39.2 Å². The van der Waals surface area contributed by atoms with Gasteiger partial charge in [-0.3, -0.25) is 0 Å². The number of rotatable bonds is 15. The Morgan fingerprint density at radius 1 is 0.957 bits per heavy atom. The second-order valence-electron chi connectivity index (χ2n) is 5.24. The maximum absolute atomic E-state index is 11.7. The average molecular weight is 347 g/mol. The maximum atomic E-state index is 11.7. The molecule has 0 aliphatic carbocycles. The van der Waals surface area contributed by atoms with Crippen molar-refractivity contribution in [3.63, 3.8) is 0 Å². The first kappa shape index (κ1) is 22.3. The number of carbonyl (C=O) groups is 1. The summed E-state index contributed by atoms with van der Waals surface area (Å²) >= 11 is 0. The first-order valence-corrected chi connectivity index (χ1v) is 10.6. The zero-order valence-corrected chi connectivity index (χ0v) is 16.3. The number of hydrogen-bond acceptors (Lipinski definition) is 5. The minimum atomic E-state index is -3.06. The van der Waals surface area contributed by atoms with Gasteiger partial charge in [0.2, 0.25) is 0 Å². The van der Waals surface area contributed by atoms with Crippen LogP contribution in [0.25, 0.3) is 0 Å². The molecule has 0 spiro atoms. The van der Waals surface area contributed by atoms with Crippen molar-refractivity contribution in [3.8, 4) is 0 Å². The van der Waals surface area contributed by atoms with Gasteiger partial charge in [-0.2, -0.15) is 0 Å². The summed E-state index contributed by atoms with van der Waals surface area (Å²) in [7, 11) is -3.06. The van der Waals surface area contributed by atoms with E-state index in [1.54, 1.807) is 0 Å². The molecule has 0 heterocycles. The number of carbonyl (C=O) groups excluding carboxylic acids is 1. The minimum absolute atomic E-state index is 0.459. The van der Waals surface area contributed by atoms with Gasteiger partial charge in [-0.25, -0.2) is 4.79 Å². The van der Waals surface area contributed by atoms with Gasteiger partial charge >= 0.3 is 14.8 Å². The van der Waals surface area contributed by atoms with Crippen LogP contribution in [0.15, 0.2) is 12.7 Å². The third-order valence-electron chi connectivity index (χ3n) is 3.43. The highest BCUT2D eigenvalue weighted by atomic mass is 28.4. The van der Waals surface area contributed by atoms with E-state index in [0.717, 1.165) is 12.8 Å². The SMILES string of the molecule is C=CC(=O)OC(CCCCCCC)[Si](OCC)(OCC)OCC. The van der Waals surface area contributed by atoms with Crippen molar-refractivity contribution in [1.29, 1.82) is 0 Å². The topological polar surface area (TPSA) is 54.0 Å². The fraction of sp³-hybridized carbons (Fsp3) is 0.824. The van der Waals surface area contributed by atoms with E-state index in [0.29, 0.717) is 26.2 Å². The lowest BCUT2D eigenvalue weighted by Crippen LogP contribution is -2.58. The first-order chi connectivity index (χ1) is 11.1. The van der Waals surface area contributed by atoms with E-state index in [1.165, 1.54) is 25.3 Å². The fourth-order valence-corrected chi connectivity index (χ4v) is 5.27. The van der Waals surface area contributed by atoms with Crippen LogP contribution in [-0.4, -0.2) is 40.3 Å². The van der Waals surface area contributed by atoms with Crippen molar-refractivity contribution >= 4 is 14.8 Å². The van der Waals surface area contributed by atoms with Crippen LogP contribution in [0.2, 0.25) is 0 Å². The van der Waals surface area contributed by atoms with Crippen molar-refractivity contribution in [3.05, 3.63) is 12.7 Å². The van der Waals surface area contributed by atoms with Crippen molar-refractivity contribution in [2.24, 2.45) is 0 Å². The molecule has 0 saturated carbocycles. The standard InChI is InChI=1S/C17H34O5Si/c1-6-11-12-13-14-15-17(22-16(18)7-2)23(19-8-3,20-9-4)21-10-5/h7,17H,2,6,8-15H2,1,3-5H3. The Bertz CT molecular complexity index is 305. The predicted octanol–water partition coefficient (Wildman–Crippen LogP) is 4.03. The molecule has 136 valence electrons. The molecule has 0 aliphatic heterocycles. The van der Waals surface area contributed by atoms with Crippen LogP contribution in [0.1, 0.15) is 66.2 Å². The molecule has 1 atom stereocenters. The van der Waals surface area contributed by atoms with Gasteiger partial charge in [0.15, 0.2) is 5.73 Å². The van der Waals surface area contributed by atoms with Crippen LogP contribution in [0.5, 0.6) is 0 Å². The lowest BCUT2D eigenvalue weighted by atomic mass is 10.1. The molecule has 23 heavy (non-hydrogen) atoms. The molecule has 0 aromatic rings. The molecule has 0 aliphatic rings. The molecule has 0 aromatic carbocycles. The Labute approximate surface area is 142 Å². The van der Waals surface area contributed by atoms with Gasteiger partial charge in [-0.15, -0.1) is 0 Å². The van der Waals surface area contributed by atoms with Crippen LogP contribution in [0.4, 0.5) is 0 Å². The maximum Gasteiger partial charge on any atom is 0.544 e. The molecule has 0 amide bonds. The molecular weight excluding hydrogens is 312 g/mol. The summed E-state index contributed by atoms with van der Waals surface area (Å²) in [6, 6.07) is 0. The minimum Gasteiger partial charge on any atom is -0.455 e. The summed E-state index contributed by atoms with van der Waals surface area (Å²) in [5, 5.41) is 0. The molecule has 0 aromatic heterocycles. The molecule has 0 fully saturated rings. The number of unbranched alkanes of at least 4 members (excludes halogenated alkanes) is 4. The predicted molar refractivity (Wildman–Crippen MR) is 94.1 cm³/mol. The van der Waals surface area contributed by atoms with Crippen LogP contribution >= 0.6 is 0 Å². The summed E-state index contributed by atoms with van der Waals surface area (Å²) in [5.74, 6) is -0.459. The second-order valence-corrected chi connectivity index (χ2v) is 7.95. The molecule has 1 unspecified atom stereocenters. The third-order valence-corrected chi connectivity index (χ3v) is 6.69. The highest BCUT2D eigenvalue weighted by Crippen LogP contribution is 2.23. The van der Waals surface area contributed by atoms with E-state index in [2.05, 4.69) is 13.5 Å². The van der Waals surface area contributed by atoms with Crippen LogP contribution in [0, 0.1) is 0 Å². The van der Waals surface area contributed by atoms with Crippen molar-refractivity contribution in [2.45, 2.75) is 71.9 Å². The Morgan fingerprint density at radius 3 is 1.91 bits per heavy atom. The molecule has 0 saturated heterocycles. The number of esters is 1. The lowest BCUT2D eigenvalue weighted by Gasteiger charge is -2.34. The molecular formula is C17H34O5Si. The van der Waals surface area contributed by atoms with Gasteiger partial charge in [0.25, 0.3) is 0 Å². The zero-order valence-electron chi connectivity index (χ0n) is 15.3. The van der Waals surface area contributed by atoms with E-state index in [9.17, 15) is 4.79 Å². The zero-order chi connectivity index (χ0) is 17.6. The Morgan fingerprint density at radius 2 is 1.48 bits per heavy atom. The number of hydrogen-bond donors (Lipinski definition) is 0. The van der Waals surface area contributed by atoms with Crippen molar-refractivity contribution < 1.29 is 22.8 Å². The molecule has 0 radical (unpaired) electrons. The first-order valence-electron chi connectivity index (χ1n) is 8.84. The summed E-state index contributed by atoms with van der Waals surface area (Å²) in [4.78, 5) is 11.7. The van der Waals surface area contributed by atoms with Crippen LogP contribution in [-0.2, 0) is 22.8 Å². The van der Waals surface area contributed by atoms with Gasteiger partial charge in [0.05, 0.1) is 0 Å². The lowest BCUT2D eigenvalue weighted by molar-refractivity contribution is -0.143. The normalized spacial score (nSPS) is 12.9. The van der Waals surface area contributed by atoms with E-state index in [-0.39, 0.29) is 0 Å². The average Bonchev–Trinajstić information content (AvgIpc) is 2.54. The monoisotopic (exact) mass is 346 g/mol. The summed E-state index contributed by atoms with van der Waals surface area (Å²) in [6.45, 7) is 12.7. The summed E-state index contributed by atoms with van der Waals surface area (Å²) < 4.78 is 23.2.